The summed E-state index contributed by atoms with van der Waals surface area (Å²) in [5, 5.41) is 3.20. The van der Waals surface area contributed by atoms with E-state index in [4.69, 9.17) is 22.1 Å². The highest BCUT2D eigenvalue weighted by Gasteiger charge is 2.08. The van der Waals surface area contributed by atoms with Crippen molar-refractivity contribution < 1.29 is 9.53 Å². The summed E-state index contributed by atoms with van der Waals surface area (Å²) in [5.74, 6) is 0.441. The Labute approximate surface area is 106 Å². The zero-order valence-corrected chi connectivity index (χ0v) is 10.6. The molecule has 1 aromatic carbocycles. The van der Waals surface area contributed by atoms with Crippen molar-refractivity contribution in [2.24, 2.45) is 5.73 Å². The van der Waals surface area contributed by atoms with Crippen molar-refractivity contribution in [1.29, 1.82) is 0 Å². The molecule has 0 spiro atoms. The molecule has 94 valence electrons. The number of hydrogen-bond donors (Lipinski definition) is 2. The zero-order valence-electron chi connectivity index (χ0n) is 9.83. The number of amides is 1. The van der Waals surface area contributed by atoms with Gasteiger partial charge in [0.15, 0.2) is 0 Å². The largest absolute Gasteiger partial charge is 0.492 e. The molecule has 1 amide bonds. The minimum Gasteiger partial charge on any atom is -0.492 e. The molecule has 0 heterocycles. The molecule has 0 atom stereocenters. The Morgan fingerprint density at radius 1 is 1.53 bits per heavy atom. The number of ether oxygens (including phenoxy) is 1. The van der Waals surface area contributed by atoms with Crippen molar-refractivity contribution in [2.45, 2.75) is 13.3 Å². The Morgan fingerprint density at radius 2 is 2.29 bits per heavy atom. The van der Waals surface area contributed by atoms with Gasteiger partial charge in [0, 0.05) is 12.1 Å². The molecule has 1 rings (SSSR count). The minimum absolute atomic E-state index is 0.150. The van der Waals surface area contributed by atoms with E-state index in [2.05, 4.69) is 5.32 Å². The Morgan fingerprint density at radius 3 is 2.88 bits per heavy atom. The van der Waals surface area contributed by atoms with Crippen LogP contribution in [-0.4, -0.2) is 25.6 Å². The number of hydrogen-bond acceptors (Lipinski definition) is 3. The molecule has 3 N–H and O–H groups in total. The molecule has 0 aliphatic heterocycles. The number of carbonyl (C=O) groups is 1. The van der Waals surface area contributed by atoms with Gasteiger partial charge in [0.1, 0.15) is 5.75 Å². The van der Waals surface area contributed by atoms with Crippen LogP contribution in [0.1, 0.15) is 23.7 Å². The molecule has 4 nitrogen and oxygen atoms in total. The first-order valence-corrected chi connectivity index (χ1v) is 5.97. The third kappa shape index (κ3) is 4.24. The van der Waals surface area contributed by atoms with Gasteiger partial charge in [0.25, 0.3) is 5.91 Å². The van der Waals surface area contributed by atoms with E-state index in [1.165, 1.54) is 0 Å². The summed E-state index contributed by atoms with van der Waals surface area (Å²) in [6.07, 6.45) is 0.760. The smallest absolute Gasteiger partial charge is 0.251 e. The molecule has 0 aliphatic rings. The van der Waals surface area contributed by atoms with Crippen LogP contribution in [0.3, 0.4) is 0 Å². The summed E-state index contributed by atoms with van der Waals surface area (Å²) in [6.45, 7) is 3.55. The quantitative estimate of drug-likeness (QED) is 0.763. The summed E-state index contributed by atoms with van der Waals surface area (Å²) in [4.78, 5) is 11.7. The lowest BCUT2D eigenvalue weighted by atomic mass is 10.2. The lowest BCUT2D eigenvalue weighted by Gasteiger charge is -2.08. The molecule has 0 fully saturated rings. The minimum atomic E-state index is -0.150. The fraction of sp³-hybridized carbons (Fsp3) is 0.417. The number of rotatable bonds is 6. The van der Waals surface area contributed by atoms with Gasteiger partial charge in [-0.3, -0.25) is 4.79 Å². The van der Waals surface area contributed by atoms with Crippen LogP contribution in [0, 0.1) is 0 Å². The van der Waals surface area contributed by atoms with Crippen molar-refractivity contribution in [1.82, 2.24) is 5.32 Å². The summed E-state index contributed by atoms with van der Waals surface area (Å²) >= 11 is 5.99. The molecule has 0 aromatic heterocycles. The van der Waals surface area contributed by atoms with Gasteiger partial charge >= 0.3 is 0 Å². The first-order chi connectivity index (χ1) is 8.19. The van der Waals surface area contributed by atoms with Gasteiger partial charge in [-0.1, -0.05) is 11.6 Å². The van der Waals surface area contributed by atoms with Crippen molar-refractivity contribution in [3.8, 4) is 5.75 Å². The molecule has 0 radical (unpaired) electrons. The van der Waals surface area contributed by atoms with Crippen molar-refractivity contribution >= 4 is 17.5 Å². The standard InChI is InChI=1S/C12H17ClN2O2/c1-2-17-11-5-4-9(8-10(11)13)12(16)15-7-3-6-14/h4-5,8H,2-3,6-7,14H2,1H3,(H,15,16). The first kappa shape index (κ1) is 13.8. The van der Waals surface area contributed by atoms with Crippen LogP contribution >= 0.6 is 11.6 Å². The van der Waals surface area contributed by atoms with Crippen LogP contribution in [0.5, 0.6) is 5.75 Å². The summed E-state index contributed by atoms with van der Waals surface area (Å²) in [6, 6.07) is 4.99. The van der Waals surface area contributed by atoms with Crippen molar-refractivity contribution in [2.75, 3.05) is 19.7 Å². The van der Waals surface area contributed by atoms with Crippen LogP contribution in [0.2, 0.25) is 5.02 Å². The second-order valence-electron chi connectivity index (χ2n) is 3.48. The second-order valence-corrected chi connectivity index (χ2v) is 3.88. The molecule has 17 heavy (non-hydrogen) atoms. The van der Waals surface area contributed by atoms with Crippen molar-refractivity contribution in [3.05, 3.63) is 28.8 Å². The molecule has 5 heteroatoms. The van der Waals surface area contributed by atoms with Gasteiger partial charge < -0.3 is 15.8 Å². The molecule has 0 saturated heterocycles. The van der Waals surface area contributed by atoms with Crippen LogP contribution in [0.15, 0.2) is 18.2 Å². The molecule has 0 saturated carbocycles. The Balaban J connectivity index is 2.65. The van der Waals surface area contributed by atoms with Gasteiger partial charge in [-0.05, 0) is 38.1 Å². The number of nitrogens with one attached hydrogen (secondary N) is 1. The average molecular weight is 257 g/mol. The van der Waals surface area contributed by atoms with E-state index in [1.54, 1.807) is 18.2 Å². The molecule has 0 aliphatic carbocycles. The van der Waals surface area contributed by atoms with E-state index < -0.39 is 0 Å². The summed E-state index contributed by atoms with van der Waals surface area (Å²) in [5.41, 5.74) is 5.87. The summed E-state index contributed by atoms with van der Waals surface area (Å²) in [7, 11) is 0. The highest BCUT2D eigenvalue weighted by molar-refractivity contribution is 6.32. The van der Waals surface area contributed by atoms with Crippen LogP contribution in [0.25, 0.3) is 0 Å². The number of halogens is 1. The van der Waals surface area contributed by atoms with Crippen LogP contribution in [0.4, 0.5) is 0 Å². The average Bonchev–Trinajstić information content (AvgIpc) is 2.32. The number of benzene rings is 1. The van der Waals surface area contributed by atoms with Crippen LogP contribution in [-0.2, 0) is 0 Å². The van der Waals surface area contributed by atoms with Crippen molar-refractivity contribution in [3.63, 3.8) is 0 Å². The van der Waals surface area contributed by atoms with E-state index in [9.17, 15) is 4.79 Å². The molecule has 0 bridgehead atoms. The van der Waals surface area contributed by atoms with Gasteiger partial charge in [-0.2, -0.15) is 0 Å². The first-order valence-electron chi connectivity index (χ1n) is 5.59. The topological polar surface area (TPSA) is 64.3 Å². The predicted molar refractivity (Wildman–Crippen MR) is 68.6 cm³/mol. The predicted octanol–water partition coefficient (Wildman–Crippen LogP) is 1.82. The maximum Gasteiger partial charge on any atom is 0.251 e. The molecule has 1 aromatic rings. The highest BCUT2D eigenvalue weighted by Crippen LogP contribution is 2.25. The molecular weight excluding hydrogens is 240 g/mol. The maximum atomic E-state index is 11.7. The Bertz CT molecular complexity index is 383. The number of nitrogens with two attached hydrogens (primary N) is 1. The third-order valence-corrected chi connectivity index (χ3v) is 2.46. The monoisotopic (exact) mass is 256 g/mol. The van der Waals surface area contributed by atoms with E-state index in [1.807, 2.05) is 6.92 Å². The van der Waals surface area contributed by atoms with E-state index in [-0.39, 0.29) is 5.91 Å². The van der Waals surface area contributed by atoms with Gasteiger partial charge in [-0.25, -0.2) is 0 Å². The number of carbonyl (C=O) groups excluding carboxylic acids is 1. The second kappa shape index (κ2) is 7.14. The van der Waals surface area contributed by atoms with Gasteiger partial charge in [0.05, 0.1) is 11.6 Å². The van der Waals surface area contributed by atoms with E-state index in [0.29, 0.717) is 36.0 Å². The zero-order chi connectivity index (χ0) is 12.7. The third-order valence-electron chi connectivity index (χ3n) is 2.16. The van der Waals surface area contributed by atoms with Crippen LogP contribution < -0.4 is 15.8 Å². The molecular formula is C12H17ClN2O2. The normalized spacial score (nSPS) is 10.1. The highest BCUT2D eigenvalue weighted by atomic mass is 35.5. The Hall–Kier alpha value is -1.26. The van der Waals surface area contributed by atoms with Gasteiger partial charge in [0.2, 0.25) is 0 Å². The lowest BCUT2D eigenvalue weighted by molar-refractivity contribution is 0.0953. The van der Waals surface area contributed by atoms with Gasteiger partial charge in [-0.15, -0.1) is 0 Å². The summed E-state index contributed by atoms with van der Waals surface area (Å²) < 4.78 is 5.29. The van der Waals surface area contributed by atoms with E-state index in [0.717, 1.165) is 6.42 Å². The fourth-order valence-corrected chi connectivity index (χ4v) is 1.56. The Kier molecular flexibility index (Phi) is 5.80. The molecule has 0 unspecified atom stereocenters. The SMILES string of the molecule is CCOc1ccc(C(=O)NCCCN)cc1Cl. The maximum absolute atomic E-state index is 11.7. The fourth-order valence-electron chi connectivity index (χ4n) is 1.32. The van der Waals surface area contributed by atoms with E-state index >= 15 is 0 Å². The lowest BCUT2D eigenvalue weighted by Crippen LogP contribution is -2.25.